The first-order valence-corrected chi connectivity index (χ1v) is 9.15. The first-order valence-electron chi connectivity index (χ1n) is 8.28. The first kappa shape index (κ1) is 18.7. The molecule has 5 heteroatoms. The molecule has 24 heavy (non-hydrogen) atoms. The van der Waals surface area contributed by atoms with E-state index in [0.717, 1.165) is 15.9 Å². The predicted octanol–water partition coefficient (Wildman–Crippen LogP) is 4.61. The van der Waals surface area contributed by atoms with Crippen molar-refractivity contribution in [3.05, 3.63) is 41.3 Å². The Morgan fingerprint density at radius 3 is 2.00 bits per heavy atom. The molecule has 126 valence electrons. The Morgan fingerprint density at radius 2 is 1.50 bits per heavy atom. The van der Waals surface area contributed by atoms with Crippen molar-refractivity contribution in [2.45, 2.75) is 52.7 Å². The van der Waals surface area contributed by atoms with Crippen LogP contribution in [-0.2, 0) is 9.31 Å². The Labute approximate surface area is 149 Å². The molecule has 0 spiro atoms. The van der Waals surface area contributed by atoms with Crippen molar-refractivity contribution in [1.29, 1.82) is 5.26 Å². The third kappa shape index (κ3) is 3.42. The molecule has 1 aliphatic rings. The molecule has 2 aromatic rings. The van der Waals surface area contributed by atoms with Gasteiger partial charge < -0.3 is 9.31 Å². The average Bonchev–Trinajstić information content (AvgIpc) is 3.12. The van der Waals surface area contributed by atoms with Crippen molar-refractivity contribution in [2.75, 3.05) is 0 Å². The minimum Gasteiger partial charge on any atom is -0.399 e. The Kier molecular flexibility index (Phi) is 5.54. The summed E-state index contributed by atoms with van der Waals surface area (Å²) >= 11 is 1.58. The van der Waals surface area contributed by atoms with Gasteiger partial charge >= 0.3 is 7.12 Å². The Balaban J connectivity index is 0.00000100. The van der Waals surface area contributed by atoms with Crippen LogP contribution in [0.5, 0.6) is 0 Å². The average molecular weight is 341 g/mol. The van der Waals surface area contributed by atoms with E-state index < -0.39 is 0 Å². The highest BCUT2D eigenvalue weighted by Crippen LogP contribution is 2.36. The predicted molar refractivity (Wildman–Crippen MR) is 102 cm³/mol. The molecule has 0 atom stereocenters. The number of nitrogens with zero attached hydrogens (tertiary/aromatic N) is 1. The lowest BCUT2D eigenvalue weighted by Gasteiger charge is -2.32. The van der Waals surface area contributed by atoms with Gasteiger partial charge in [0.25, 0.3) is 0 Å². The minimum atomic E-state index is -0.349. The minimum absolute atomic E-state index is 0.335. The molecule has 0 bridgehead atoms. The molecule has 1 saturated heterocycles. The molecule has 0 unspecified atom stereocenters. The highest BCUT2D eigenvalue weighted by molar-refractivity contribution is 7.13. The molecule has 1 aromatic heterocycles. The van der Waals surface area contributed by atoms with Crippen LogP contribution in [0.4, 0.5) is 0 Å². The standard InChI is InChI=1S/C17H18BNO2S.C2H6/c1-16(2)17(3,4)21-18(20-16)14-7-5-12(6-8-14)15-13(11-19)9-10-22-15;1-2/h5-10H,1-4H3;1-2H3. The summed E-state index contributed by atoms with van der Waals surface area (Å²) in [5.41, 5.74) is 2.09. The fourth-order valence-electron chi connectivity index (χ4n) is 2.39. The van der Waals surface area contributed by atoms with Crippen LogP contribution < -0.4 is 5.46 Å². The molecule has 1 aromatic carbocycles. The van der Waals surface area contributed by atoms with E-state index in [1.807, 2.05) is 77.3 Å². The van der Waals surface area contributed by atoms with Crippen LogP contribution in [0.2, 0.25) is 0 Å². The fraction of sp³-hybridized carbons (Fsp3) is 0.421. The molecule has 1 fully saturated rings. The monoisotopic (exact) mass is 341 g/mol. The summed E-state index contributed by atoms with van der Waals surface area (Å²) in [5.74, 6) is 0. The fourth-order valence-corrected chi connectivity index (χ4v) is 3.24. The van der Waals surface area contributed by atoms with Gasteiger partial charge in [-0.15, -0.1) is 11.3 Å². The van der Waals surface area contributed by atoms with Gasteiger partial charge in [0.2, 0.25) is 0 Å². The zero-order valence-electron chi connectivity index (χ0n) is 15.2. The lowest BCUT2D eigenvalue weighted by atomic mass is 9.79. The zero-order chi connectivity index (χ0) is 18.0. The summed E-state index contributed by atoms with van der Waals surface area (Å²) in [6.45, 7) is 12.2. The summed E-state index contributed by atoms with van der Waals surface area (Å²) in [7, 11) is -0.349. The van der Waals surface area contributed by atoms with E-state index in [0.29, 0.717) is 5.56 Å². The van der Waals surface area contributed by atoms with Crippen LogP contribution in [0.25, 0.3) is 10.4 Å². The van der Waals surface area contributed by atoms with Gasteiger partial charge in [-0.2, -0.15) is 5.26 Å². The number of hydrogen-bond donors (Lipinski definition) is 0. The molecule has 3 rings (SSSR count). The van der Waals surface area contributed by atoms with Crippen LogP contribution in [-0.4, -0.2) is 18.3 Å². The van der Waals surface area contributed by atoms with Gasteiger partial charge in [-0.3, -0.25) is 0 Å². The van der Waals surface area contributed by atoms with E-state index in [4.69, 9.17) is 14.6 Å². The topological polar surface area (TPSA) is 42.2 Å². The van der Waals surface area contributed by atoms with E-state index in [9.17, 15) is 0 Å². The van der Waals surface area contributed by atoms with Crippen molar-refractivity contribution < 1.29 is 9.31 Å². The third-order valence-electron chi connectivity index (χ3n) is 4.48. The Morgan fingerprint density at radius 1 is 0.958 bits per heavy atom. The summed E-state index contributed by atoms with van der Waals surface area (Å²) in [5, 5.41) is 11.1. The smallest absolute Gasteiger partial charge is 0.399 e. The zero-order valence-corrected chi connectivity index (χ0v) is 16.0. The molecule has 1 aliphatic heterocycles. The number of rotatable bonds is 2. The maximum atomic E-state index is 9.13. The third-order valence-corrected chi connectivity index (χ3v) is 5.45. The van der Waals surface area contributed by atoms with Crippen molar-refractivity contribution in [1.82, 2.24) is 0 Å². The van der Waals surface area contributed by atoms with Gasteiger partial charge in [0.1, 0.15) is 6.07 Å². The molecular weight excluding hydrogens is 317 g/mol. The highest BCUT2D eigenvalue weighted by Gasteiger charge is 2.51. The van der Waals surface area contributed by atoms with Crippen molar-refractivity contribution in [3.63, 3.8) is 0 Å². The summed E-state index contributed by atoms with van der Waals surface area (Å²) < 4.78 is 12.1. The maximum Gasteiger partial charge on any atom is 0.494 e. The quantitative estimate of drug-likeness (QED) is 0.749. The van der Waals surface area contributed by atoms with Crippen molar-refractivity contribution >= 4 is 23.9 Å². The van der Waals surface area contributed by atoms with Crippen LogP contribution in [0.3, 0.4) is 0 Å². The van der Waals surface area contributed by atoms with Crippen LogP contribution in [0, 0.1) is 11.3 Å². The summed E-state index contributed by atoms with van der Waals surface area (Å²) in [6.07, 6.45) is 0. The van der Waals surface area contributed by atoms with Gasteiger partial charge in [0.05, 0.1) is 21.6 Å². The lowest BCUT2D eigenvalue weighted by molar-refractivity contribution is 0.00578. The van der Waals surface area contributed by atoms with E-state index in [-0.39, 0.29) is 18.3 Å². The van der Waals surface area contributed by atoms with Crippen molar-refractivity contribution in [3.8, 4) is 16.5 Å². The molecule has 0 N–H and O–H groups in total. The molecule has 3 nitrogen and oxygen atoms in total. The van der Waals surface area contributed by atoms with E-state index in [1.54, 1.807) is 11.3 Å². The second-order valence-corrected chi connectivity index (χ2v) is 7.40. The van der Waals surface area contributed by atoms with Gasteiger partial charge in [0.15, 0.2) is 0 Å². The first-order chi connectivity index (χ1) is 11.3. The maximum absolute atomic E-state index is 9.13. The molecular formula is C19H24BNO2S. The second kappa shape index (κ2) is 7.10. The SMILES string of the molecule is CC.CC1(C)OB(c2ccc(-c3sccc3C#N)cc2)OC1(C)C. The van der Waals surface area contributed by atoms with Crippen LogP contribution >= 0.6 is 11.3 Å². The van der Waals surface area contributed by atoms with Gasteiger partial charge in [0, 0.05) is 0 Å². The van der Waals surface area contributed by atoms with Gasteiger partial charge in [-0.25, -0.2) is 0 Å². The summed E-state index contributed by atoms with van der Waals surface area (Å²) in [4.78, 5) is 1.00. The van der Waals surface area contributed by atoms with E-state index >= 15 is 0 Å². The molecule has 0 amide bonds. The number of benzene rings is 1. The van der Waals surface area contributed by atoms with Crippen LogP contribution in [0.1, 0.15) is 47.1 Å². The normalized spacial score (nSPS) is 17.8. The Bertz CT molecular complexity index is 713. The second-order valence-electron chi connectivity index (χ2n) is 6.49. The largest absolute Gasteiger partial charge is 0.494 e. The Hall–Kier alpha value is -1.61. The van der Waals surface area contributed by atoms with E-state index in [2.05, 4.69) is 6.07 Å². The molecule has 0 saturated carbocycles. The molecule has 2 heterocycles. The molecule has 0 radical (unpaired) electrons. The van der Waals surface area contributed by atoms with Crippen molar-refractivity contribution in [2.24, 2.45) is 0 Å². The lowest BCUT2D eigenvalue weighted by Crippen LogP contribution is -2.41. The van der Waals surface area contributed by atoms with Gasteiger partial charge in [-0.05, 0) is 50.2 Å². The highest BCUT2D eigenvalue weighted by atomic mass is 32.1. The number of nitriles is 1. The number of hydrogen-bond acceptors (Lipinski definition) is 4. The number of thiophene rings is 1. The molecule has 0 aliphatic carbocycles. The van der Waals surface area contributed by atoms with Gasteiger partial charge in [-0.1, -0.05) is 38.1 Å². The van der Waals surface area contributed by atoms with E-state index in [1.165, 1.54) is 0 Å². The summed E-state index contributed by atoms with van der Waals surface area (Å²) in [6, 6.07) is 12.1. The van der Waals surface area contributed by atoms with Crippen LogP contribution in [0.15, 0.2) is 35.7 Å².